The number of fused-ring (bicyclic) bond motifs is 3. The maximum absolute atomic E-state index is 14.6. The molecule has 2 aromatic rings. The Labute approximate surface area is 206 Å². The highest BCUT2D eigenvalue weighted by molar-refractivity contribution is 6.23. The number of amides is 2. The van der Waals surface area contributed by atoms with Gasteiger partial charge < -0.3 is 4.74 Å². The zero-order valence-corrected chi connectivity index (χ0v) is 19.8. The second-order valence-corrected chi connectivity index (χ2v) is 9.57. The number of imide groups is 1. The molecule has 5 rings (SSSR count). The number of hydrogen-bond acceptors (Lipinski definition) is 5. The van der Waals surface area contributed by atoms with E-state index in [9.17, 15) is 27.6 Å². The number of anilines is 1. The molecule has 0 radical (unpaired) electrons. The average Bonchev–Trinajstić information content (AvgIpc) is 3.12. The molecule has 6 nitrogen and oxygen atoms in total. The van der Waals surface area contributed by atoms with Gasteiger partial charge in [-0.1, -0.05) is 48.5 Å². The van der Waals surface area contributed by atoms with E-state index in [0.717, 1.165) is 28.0 Å². The molecule has 36 heavy (non-hydrogen) atoms. The third kappa shape index (κ3) is 3.40. The van der Waals surface area contributed by atoms with Gasteiger partial charge in [0.05, 0.1) is 24.6 Å². The number of esters is 1. The molecule has 4 atom stereocenters. The van der Waals surface area contributed by atoms with E-state index in [4.69, 9.17) is 0 Å². The summed E-state index contributed by atoms with van der Waals surface area (Å²) in [6, 6.07) is 17.6. The first kappa shape index (κ1) is 24.2. The van der Waals surface area contributed by atoms with E-state index in [1.165, 1.54) is 7.05 Å². The summed E-state index contributed by atoms with van der Waals surface area (Å²) in [6.07, 6.45) is -5.42. The van der Waals surface area contributed by atoms with Crippen molar-refractivity contribution in [3.8, 4) is 0 Å². The predicted molar refractivity (Wildman–Crippen MR) is 125 cm³/mol. The molecule has 2 aromatic carbocycles. The number of halogens is 3. The molecule has 188 valence electrons. The van der Waals surface area contributed by atoms with Crippen LogP contribution in [0.25, 0.3) is 5.57 Å². The van der Waals surface area contributed by atoms with Crippen molar-refractivity contribution in [3.05, 3.63) is 71.8 Å². The lowest BCUT2D eigenvalue weighted by atomic mass is 9.62. The fourth-order valence-electron chi connectivity index (χ4n) is 6.16. The summed E-state index contributed by atoms with van der Waals surface area (Å²) in [5, 5.41) is 0. The SMILES string of the molecule is COC(=O)[C@]1(C(F)(F)F)C[C@H]2C(=C(c3ccccc3)C[C@H]3C(=O)N(c4ccccc4)C(=O)[C@H]32)CN1C. The van der Waals surface area contributed by atoms with Crippen molar-refractivity contribution in [2.24, 2.45) is 17.8 Å². The van der Waals surface area contributed by atoms with Gasteiger partial charge in [0.1, 0.15) is 0 Å². The minimum absolute atomic E-state index is 0.181. The number of allylic oxidation sites excluding steroid dienone is 1. The number of para-hydroxylation sites is 1. The summed E-state index contributed by atoms with van der Waals surface area (Å²) in [7, 11) is 2.18. The van der Waals surface area contributed by atoms with Crippen LogP contribution in [0.3, 0.4) is 0 Å². The van der Waals surface area contributed by atoms with Crippen LogP contribution in [0.1, 0.15) is 18.4 Å². The lowest BCUT2D eigenvalue weighted by Crippen LogP contribution is -2.67. The number of hydrogen-bond donors (Lipinski definition) is 0. The van der Waals surface area contributed by atoms with Crippen molar-refractivity contribution in [1.29, 1.82) is 0 Å². The smallest absolute Gasteiger partial charge is 0.417 e. The fraction of sp³-hybridized carbons (Fsp3) is 0.370. The van der Waals surface area contributed by atoms with Crippen LogP contribution in [0.5, 0.6) is 0 Å². The van der Waals surface area contributed by atoms with Gasteiger partial charge in [0.15, 0.2) is 0 Å². The van der Waals surface area contributed by atoms with Gasteiger partial charge in [-0.2, -0.15) is 13.2 Å². The summed E-state index contributed by atoms with van der Waals surface area (Å²) < 4.78 is 48.5. The Kier molecular flexibility index (Phi) is 5.78. The molecule has 3 aliphatic rings. The number of alkyl halides is 3. The number of carbonyl (C=O) groups excluding carboxylic acids is 3. The lowest BCUT2D eigenvalue weighted by molar-refractivity contribution is -0.245. The maximum atomic E-state index is 14.6. The zero-order valence-electron chi connectivity index (χ0n) is 19.8. The summed E-state index contributed by atoms with van der Waals surface area (Å²) >= 11 is 0. The van der Waals surface area contributed by atoms with Crippen molar-refractivity contribution in [2.45, 2.75) is 24.6 Å². The van der Waals surface area contributed by atoms with E-state index in [2.05, 4.69) is 4.74 Å². The number of ether oxygens (including phenoxy) is 1. The molecule has 2 heterocycles. The summed E-state index contributed by atoms with van der Waals surface area (Å²) in [5.74, 6) is -5.17. The van der Waals surface area contributed by atoms with Gasteiger partial charge in [0.25, 0.3) is 0 Å². The lowest BCUT2D eigenvalue weighted by Gasteiger charge is -2.50. The number of likely N-dealkylation sites (N-methyl/N-ethyl adjacent to an activating group) is 1. The van der Waals surface area contributed by atoms with Gasteiger partial charge in [0, 0.05) is 6.54 Å². The molecular weight excluding hydrogens is 473 g/mol. The molecule has 0 saturated carbocycles. The molecule has 0 aromatic heterocycles. The van der Waals surface area contributed by atoms with Crippen LogP contribution in [-0.2, 0) is 19.1 Å². The zero-order chi connectivity index (χ0) is 25.8. The number of nitrogens with zero attached hydrogens (tertiary/aromatic N) is 2. The Balaban J connectivity index is 1.68. The molecule has 0 unspecified atom stereocenters. The predicted octanol–water partition coefficient (Wildman–Crippen LogP) is 4.08. The van der Waals surface area contributed by atoms with Crippen molar-refractivity contribution < 1.29 is 32.3 Å². The third-order valence-corrected chi connectivity index (χ3v) is 7.87. The molecule has 9 heteroatoms. The topological polar surface area (TPSA) is 66.9 Å². The van der Waals surface area contributed by atoms with Crippen molar-refractivity contribution >= 4 is 29.0 Å². The number of piperidine rings is 1. The standard InChI is InChI=1S/C27H25F3N2O4/c1-31-15-21-18(16-9-5-3-6-10-16)13-19-22(20(21)14-26(31,25(35)36-2)27(28,29)30)24(34)32(23(19)33)17-11-7-4-8-12-17/h3-12,19-20,22H,13-15H2,1-2H3/t19-,20+,22-,26+/m1/s1. The minimum Gasteiger partial charge on any atom is -0.467 e. The quantitative estimate of drug-likeness (QED) is 0.472. The largest absolute Gasteiger partial charge is 0.467 e. The second kappa shape index (κ2) is 8.58. The Morgan fingerprint density at radius 3 is 2.17 bits per heavy atom. The molecule has 2 fully saturated rings. The van der Waals surface area contributed by atoms with E-state index < -0.39 is 53.7 Å². The Morgan fingerprint density at radius 2 is 1.58 bits per heavy atom. The normalized spacial score (nSPS) is 28.7. The first-order valence-corrected chi connectivity index (χ1v) is 11.7. The van der Waals surface area contributed by atoms with Gasteiger partial charge in [-0.25, -0.2) is 4.79 Å². The number of likely N-dealkylation sites (tertiary alicyclic amines) is 1. The van der Waals surface area contributed by atoms with Gasteiger partial charge in [-0.05, 0) is 54.6 Å². The number of benzene rings is 2. The molecule has 0 spiro atoms. The Bertz CT molecular complexity index is 1240. The molecule has 1 aliphatic carbocycles. The van der Waals surface area contributed by atoms with Gasteiger partial charge >= 0.3 is 12.1 Å². The molecule has 2 saturated heterocycles. The Morgan fingerprint density at radius 1 is 0.972 bits per heavy atom. The van der Waals surface area contributed by atoms with Crippen LogP contribution in [0.15, 0.2) is 66.2 Å². The first-order valence-electron chi connectivity index (χ1n) is 11.7. The van der Waals surface area contributed by atoms with Gasteiger partial charge in [-0.15, -0.1) is 0 Å². The second-order valence-electron chi connectivity index (χ2n) is 9.57. The monoisotopic (exact) mass is 498 g/mol. The molecule has 0 N–H and O–H groups in total. The highest BCUT2D eigenvalue weighted by Gasteiger charge is 2.69. The number of methoxy groups -OCH3 is 1. The van der Waals surface area contributed by atoms with Crippen LogP contribution in [0.4, 0.5) is 18.9 Å². The Hall–Kier alpha value is -3.46. The fourth-order valence-corrected chi connectivity index (χ4v) is 6.16. The van der Waals surface area contributed by atoms with Gasteiger partial charge in [-0.3, -0.25) is 19.4 Å². The van der Waals surface area contributed by atoms with E-state index in [0.29, 0.717) is 11.3 Å². The van der Waals surface area contributed by atoms with Crippen LogP contribution >= 0.6 is 0 Å². The third-order valence-electron chi connectivity index (χ3n) is 7.87. The van der Waals surface area contributed by atoms with E-state index in [-0.39, 0.29) is 13.0 Å². The van der Waals surface area contributed by atoms with E-state index in [1.807, 2.05) is 30.3 Å². The molecule has 2 amide bonds. The maximum Gasteiger partial charge on any atom is 0.417 e. The highest BCUT2D eigenvalue weighted by Crippen LogP contribution is 2.56. The molecule has 0 bridgehead atoms. The molecule has 2 aliphatic heterocycles. The van der Waals surface area contributed by atoms with Crippen LogP contribution in [-0.4, -0.2) is 55.1 Å². The summed E-state index contributed by atoms with van der Waals surface area (Å²) in [4.78, 5) is 42.1. The molecular formula is C27H25F3N2O4. The van der Waals surface area contributed by atoms with Gasteiger partial charge in [0.2, 0.25) is 17.4 Å². The van der Waals surface area contributed by atoms with Crippen LogP contribution in [0, 0.1) is 17.8 Å². The van der Waals surface area contributed by atoms with Crippen molar-refractivity contribution in [1.82, 2.24) is 4.90 Å². The van der Waals surface area contributed by atoms with Crippen LogP contribution < -0.4 is 4.90 Å². The highest BCUT2D eigenvalue weighted by atomic mass is 19.4. The number of rotatable bonds is 3. The van der Waals surface area contributed by atoms with Crippen molar-refractivity contribution in [2.75, 3.05) is 25.6 Å². The van der Waals surface area contributed by atoms with Crippen LogP contribution in [0.2, 0.25) is 0 Å². The summed E-state index contributed by atoms with van der Waals surface area (Å²) in [5.41, 5.74) is -0.341. The van der Waals surface area contributed by atoms with E-state index in [1.54, 1.807) is 30.3 Å². The minimum atomic E-state index is -4.95. The average molecular weight is 499 g/mol. The number of carbonyl (C=O) groups is 3. The first-order chi connectivity index (χ1) is 17.1. The van der Waals surface area contributed by atoms with E-state index >= 15 is 0 Å². The summed E-state index contributed by atoms with van der Waals surface area (Å²) in [6.45, 7) is -0.181. The van der Waals surface area contributed by atoms with Crippen molar-refractivity contribution in [3.63, 3.8) is 0 Å².